The fraction of sp³-hybridized carbons (Fsp3) is 0.235. The monoisotopic (exact) mass is 403 g/mol. The number of nitrogens with one attached hydrogen (secondary N) is 1. The number of carbonyl (C=O) groups excluding carboxylic acids is 1. The van der Waals surface area contributed by atoms with Crippen molar-refractivity contribution in [1.29, 1.82) is 0 Å². The van der Waals surface area contributed by atoms with Crippen LogP contribution in [-0.4, -0.2) is 29.0 Å². The number of rotatable bonds is 6. The van der Waals surface area contributed by atoms with Gasteiger partial charge in [0.1, 0.15) is 18.8 Å². The normalized spacial score (nSPS) is 13.2. The van der Waals surface area contributed by atoms with Gasteiger partial charge in [0, 0.05) is 17.1 Å². The molecule has 0 aromatic heterocycles. The number of alkyl carbamates (subject to hydrolysis) is 1. The maximum absolute atomic E-state index is 11.7. The number of carbonyl (C=O) groups is 1. The Labute approximate surface area is 160 Å². The summed E-state index contributed by atoms with van der Waals surface area (Å²) in [6.45, 7) is -0.130. The summed E-state index contributed by atoms with van der Waals surface area (Å²) in [4.78, 5) is 11.7. The first kappa shape index (κ1) is 19.8. The van der Waals surface area contributed by atoms with E-state index in [9.17, 15) is 15.0 Å². The van der Waals surface area contributed by atoms with Crippen LogP contribution in [0.3, 0.4) is 0 Å². The van der Waals surface area contributed by atoms with Crippen molar-refractivity contribution in [2.24, 2.45) is 0 Å². The van der Waals surface area contributed by atoms with E-state index in [2.05, 4.69) is 5.32 Å². The Balaban J connectivity index is 1.86. The van der Waals surface area contributed by atoms with Gasteiger partial charge in [0.15, 0.2) is 0 Å². The highest BCUT2D eigenvalue weighted by atomic mass is 35.5. The molecule has 3 N–H and O–H groups in total. The highest BCUT2D eigenvalue weighted by Gasteiger charge is 2.22. The molecule has 8 heteroatoms. The molecule has 0 aliphatic rings. The average Bonchev–Trinajstić information content (AvgIpc) is 2.61. The standard InChI is InChI=1S/C17H16Cl3NO4/c18-12-7-14(20)13(19)6-11(12)16(23)15(22)8-21-17(24)25-9-10-4-2-1-3-5-10/h1-7,15-16,22-23H,8-9H2,(H,21,24). The van der Waals surface area contributed by atoms with Crippen LogP contribution in [0.25, 0.3) is 0 Å². The molecule has 0 aliphatic carbocycles. The molecule has 1 amide bonds. The van der Waals surface area contributed by atoms with Gasteiger partial charge in [0.05, 0.1) is 10.0 Å². The average molecular weight is 405 g/mol. The summed E-state index contributed by atoms with van der Waals surface area (Å²) in [5, 5.41) is 23.2. The molecule has 0 spiro atoms. The number of halogens is 3. The summed E-state index contributed by atoms with van der Waals surface area (Å²) in [6.07, 6.45) is -3.37. The minimum Gasteiger partial charge on any atom is -0.445 e. The van der Waals surface area contributed by atoms with Gasteiger partial charge in [0.2, 0.25) is 0 Å². The number of ether oxygens (including phenoxy) is 1. The number of amides is 1. The number of hydrogen-bond acceptors (Lipinski definition) is 4. The molecule has 0 saturated heterocycles. The molecule has 5 nitrogen and oxygen atoms in total. The zero-order valence-corrected chi connectivity index (χ0v) is 15.2. The number of aliphatic hydroxyl groups excluding tert-OH is 2. The van der Waals surface area contributed by atoms with Crippen LogP contribution in [0, 0.1) is 0 Å². The van der Waals surface area contributed by atoms with Crippen LogP contribution in [-0.2, 0) is 11.3 Å². The van der Waals surface area contributed by atoms with E-state index >= 15 is 0 Å². The van der Waals surface area contributed by atoms with Crippen molar-refractivity contribution in [3.8, 4) is 0 Å². The number of aliphatic hydroxyl groups is 2. The third-order valence-electron chi connectivity index (χ3n) is 3.39. The molecule has 2 aromatic rings. The second-order valence-corrected chi connectivity index (χ2v) is 6.46. The summed E-state index contributed by atoms with van der Waals surface area (Å²) >= 11 is 17.7. The summed E-state index contributed by atoms with van der Waals surface area (Å²) < 4.78 is 5.02. The highest BCUT2D eigenvalue weighted by Crippen LogP contribution is 2.33. The molecule has 2 unspecified atom stereocenters. The van der Waals surface area contributed by atoms with Crippen LogP contribution < -0.4 is 5.32 Å². The molecule has 0 bridgehead atoms. The van der Waals surface area contributed by atoms with Gasteiger partial charge in [-0.05, 0) is 17.7 Å². The SMILES string of the molecule is O=C(NCC(O)C(O)c1cc(Cl)c(Cl)cc1Cl)OCc1ccccc1. The van der Waals surface area contributed by atoms with E-state index < -0.39 is 18.3 Å². The Morgan fingerprint density at radius 2 is 1.68 bits per heavy atom. The summed E-state index contributed by atoms with van der Waals surface area (Å²) in [7, 11) is 0. The Bertz CT molecular complexity index is 727. The molecule has 2 aromatic carbocycles. The van der Waals surface area contributed by atoms with Crippen molar-refractivity contribution in [1.82, 2.24) is 5.32 Å². The van der Waals surface area contributed by atoms with E-state index in [-0.39, 0.29) is 33.8 Å². The van der Waals surface area contributed by atoms with E-state index in [1.165, 1.54) is 12.1 Å². The molecular formula is C17H16Cl3NO4. The fourth-order valence-electron chi connectivity index (χ4n) is 2.05. The first-order chi connectivity index (χ1) is 11.9. The molecule has 0 saturated carbocycles. The predicted molar refractivity (Wildman–Crippen MR) is 97.1 cm³/mol. The zero-order valence-electron chi connectivity index (χ0n) is 13.0. The maximum atomic E-state index is 11.7. The van der Waals surface area contributed by atoms with E-state index in [1.54, 1.807) is 0 Å². The summed E-state index contributed by atoms with van der Waals surface area (Å²) in [5.74, 6) is 0. The molecule has 2 atom stereocenters. The van der Waals surface area contributed by atoms with Gasteiger partial charge in [-0.25, -0.2) is 4.79 Å². The topological polar surface area (TPSA) is 78.8 Å². The van der Waals surface area contributed by atoms with E-state index in [0.29, 0.717) is 0 Å². The Morgan fingerprint density at radius 1 is 1.04 bits per heavy atom. The molecule has 134 valence electrons. The van der Waals surface area contributed by atoms with Crippen LogP contribution in [0.15, 0.2) is 42.5 Å². The minimum atomic E-state index is -1.35. The van der Waals surface area contributed by atoms with Crippen molar-refractivity contribution in [3.05, 3.63) is 68.7 Å². The Kier molecular flexibility index (Phi) is 7.35. The predicted octanol–water partition coefficient (Wildman–Crippen LogP) is 3.97. The van der Waals surface area contributed by atoms with Crippen LogP contribution in [0.5, 0.6) is 0 Å². The maximum Gasteiger partial charge on any atom is 0.407 e. The van der Waals surface area contributed by atoms with Crippen molar-refractivity contribution < 1.29 is 19.7 Å². The third kappa shape index (κ3) is 5.76. The van der Waals surface area contributed by atoms with Gasteiger partial charge in [0.25, 0.3) is 0 Å². The van der Waals surface area contributed by atoms with Crippen LogP contribution >= 0.6 is 34.8 Å². The van der Waals surface area contributed by atoms with Crippen LogP contribution in [0.2, 0.25) is 15.1 Å². The van der Waals surface area contributed by atoms with Gasteiger partial charge < -0.3 is 20.3 Å². The second-order valence-electron chi connectivity index (χ2n) is 5.24. The molecule has 0 fully saturated rings. The summed E-state index contributed by atoms with van der Waals surface area (Å²) in [5.41, 5.74) is 1.05. The van der Waals surface area contributed by atoms with E-state index in [0.717, 1.165) is 5.56 Å². The third-order valence-corrected chi connectivity index (χ3v) is 4.44. The lowest BCUT2D eigenvalue weighted by Gasteiger charge is -2.20. The van der Waals surface area contributed by atoms with Gasteiger partial charge in [-0.15, -0.1) is 0 Å². The van der Waals surface area contributed by atoms with Crippen molar-refractivity contribution in [2.75, 3.05) is 6.54 Å². The fourth-order valence-corrected chi connectivity index (χ4v) is 2.71. The quantitative estimate of drug-likeness (QED) is 0.637. The molecule has 0 heterocycles. The van der Waals surface area contributed by atoms with Crippen molar-refractivity contribution in [3.63, 3.8) is 0 Å². The molecule has 0 aliphatic heterocycles. The largest absolute Gasteiger partial charge is 0.445 e. The van der Waals surface area contributed by atoms with Crippen molar-refractivity contribution >= 4 is 40.9 Å². The Hall–Kier alpha value is -1.50. The number of benzene rings is 2. The molecular weight excluding hydrogens is 389 g/mol. The first-order valence-electron chi connectivity index (χ1n) is 7.33. The van der Waals surface area contributed by atoms with Gasteiger partial charge >= 0.3 is 6.09 Å². The highest BCUT2D eigenvalue weighted by molar-refractivity contribution is 6.43. The lowest BCUT2D eigenvalue weighted by Crippen LogP contribution is -2.35. The lowest BCUT2D eigenvalue weighted by atomic mass is 10.0. The first-order valence-corrected chi connectivity index (χ1v) is 8.47. The van der Waals surface area contributed by atoms with Gasteiger partial charge in [-0.1, -0.05) is 65.1 Å². The van der Waals surface area contributed by atoms with Gasteiger partial charge in [-0.2, -0.15) is 0 Å². The summed E-state index contributed by atoms with van der Waals surface area (Å²) in [6, 6.07) is 11.9. The second kappa shape index (κ2) is 9.27. The molecule has 0 radical (unpaired) electrons. The van der Waals surface area contributed by atoms with E-state index in [1.807, 2.05) is 30.3 Å². The Morgan fingerprint density at radius 3 is 2.36 bits per heavy atom. The zero-order chi connectivity index (χ0) is 18.4. The van der Waals surface area contributed by atoms with Gasteiger partial charge in [-0.3, -0.25) is 0 Å². The van der Waals surface area contributed by atoms with Crippen LogP contribution in [0.1, 0.15) is 17.2 Å². The smallest absolute Gasteiger partial charge is 0.407 e. The minimum absolute atomic E-state index is 0.101. The molecule has 2 rings (SSSR count). The number of hydrogen-bond donors (Lipinski definition) is 3. The lowest BCUT2D eigenvalue weighted by molar-refractivity contribution is 0.0184. The van der Waals surface area contributed by atoms with Crippen molar-refractivity contribution in [2.45, 2.75) is 18.8 Å². The molecule has 25 heavy (non-hydrogen) atoms. The van der Waals surface area contributed by atoms with Crippen LogP contribution in [0.4, 0.5) is 4.79 Å². The van der Waals surface area contributed by atoms with E-state index in [4.69, 9.17) is 39.5 Å².